The number of ether oxygens (including phenoxy) is 2. The van der Waals surface area contributed by atoms with Gasteiger partial charge in [0.15, 0.2) is 11.5 Å². The van der Waals surface area contributed by atoms with Crippen molar-refractivity contribution in [2.24, 2.45) is 11.8 Å². The largest absolute Gasteiger partial charge is 0.504 e. The number of esters is 1. The zero-order valence-corrected chi connectivity index (χ0v) is 21.0. The fourth-order valence-corrected chi connectivity index (χ4v) is 6.64. The number of hydrogen-bond acceptors (Lipinski definition) is 5. The van der Waals surface area contributed by atoms with Crippen molar-refractivity contribution in [1.82, 2.24) is 0 Å². The average Bonchev–Trinajstić information content (AvgIpc) is 3.50. The number of aliphatic hydroxyl groups is 1. The van der Waals surface area contributed by atoms with E-state index in [0.717, 1.165) is 43.6 Å². The third-order valence-electron chi connectivity index (χ3n) is 8.61. The second-order valence-electron chi connectivity index (χ2n) is 11.3. The van der Waals surface area contributed by atoms with Crippen LogP contribution in [0.4, 0.5) is 0 Å². The van der Waals surface area contributed by atoms with E-state index in [9.17, 15) is 15.0 Å². The van der Waals surface area contributed by atoms with Crippen molar-refractivity contribution in [1.29, 1.82) is 0 Å². The molecule has 3 fully saturated rings. The number of aromatic hydroxyl groups is 1. The molecule has 0 heterocycles. The molecule has 0 amide bonds. The Morgan fingerprint density at radius 3 is 2.50 bits per heavy atom. The van der Waals surface area contributed by atoms with E-state index in [2.05, 4.69) is 0 Å². The Hall–Kier alpha value is -1.75. The summed E-state index contributed by atoms with van der Waals surface area (Å²) in [5, 5.41) is 21.3. The van der Waals surface area contributed by atoms with Crippen LogP contribution < -0.4 is 4.74 Å². The molecule has 0 unspecified atom stereocenters. The van der Waals surface area contributed by atoms with E-state index in [4.69, 9.17) is 9.47 Å². The molecule has 0 bridgehead atoms. The minimum atomic E-state index is -0.614. The molecular formula is C29H44O5. The third-order valence-corrected chi connectivity index (χ3v) is 8.61. The van der Waals surface area contributed by atoms with Crippen LogP contribution in [0.3, 0.4) is 0 Å². The number of benzene rings is 1. The first kappa shape index (κ1) is 25.3. The third kappa shape index (κ3) is 6.90. The monoisotopic (exact) mass is 472 g/mol. The van der Waals surface area contributed by atoms with Crippen LogP contribution in [-0.4, -0.2) is 34.0 Å². The van der Waals surface area contributed by atoms with Crippen LogP contribution in [-0.2, 0) is 16.0 Å². The van der Waals surface area contributed by atoms with Gasteiger partial charge in [-0.15, -0.1) is 0 Å². The summed E-state index contributed by atoms with van der Waals surface area (Å²) in [6, 6.07) is 5.55. The van der Waals surface area contributed by atoms with Crippen molar-refractivity contribution in [3.05, 3.63) is 23.8 Å². The number of rotatable bonds is 10. The van der Waals surface area contributed by atoms with E-state index in [-0.39, 0.29) is 17.8 Å². The molecule has 5 heteroatoms. The number of aryl methyl sites for hydroxylation is 1. The van der Waals surface area contributed by atoms with Crippen LogP contribution in [0.25, 0.3) is 0 Å². The van der Waals surface area contributed by atoms with Crippen molar-refractivity contribution in [2.45, 2.75) is 127 Å². The Morgan fingerprint density at radius 2 is 1.79 bits per heavy atom. The zero-order valence-electron chi connectivity index (χ0n) is 21.0. The maximum absolute atomic E-state index is 12.0. The summed E-state index contributed by atoms with van der Waals surface area (Å²) in [7, 11) is 0. The van der Waals surface area contributed by atoms with Gasteiger partial charge in [0, 0.05) is 13.3 Å². The molecule has 1 aromatic rings. The van der Waals surface area contributed by atoms with Gasteiger partial charge in [0.25, 0.3) is 0 Å². The van der Waals surface area contributed by atoms with E-state index in [1.807, 2.05) is 12.1 Å². The van der Waals surface area contributed by atoms with E-state index >= 15 is 0 Å². The SMILES string of the molecule is CC(=O)O[C@@]1(CCc2ccc(O)c(OC3CCCC3)c2)CC[C@@H](CCCC2CCCC2)[C@H](O)C1. The van der Waals surface area contributed by atoms with Crippen molar-refractivity contribution >= 4 is 5.97 Å². The maximum Gasteiger partial charge on any atom is 0.303 e. The number of aliphatic hydroxyl groups excluding tert-OH is 1. The van der Waals surface area contributed by atoms with Gasteiger partial charge in [-0.1, -0.05) is 44.6 Å². The lowest BCUT2D eigenvalue weighted by Crippen LogP contribution is -2.45. The highest BCUT2D eigenvalue weighted by Gasteiger charge is 2.42. The first-order valence-corrected chi connectivity index (χ1v) is 13.8. The lowest BCUT2D eigenvalue weighted by molar-refractivity contribution is -0.168. The van der Waals surface area contributed by atoms with Crippen LogP contribution in [0.1, 0.15) is 109 Å². The summed E-state index contributed by atoms with van der Waals surface area (Å²) in [5.74, 6) is 1.66. The van der Waals surface area contributed by atoms with Crippen molar-refractivity contribution < 1.29 is 24.5 Å². The van der Waals surface area contributed by atoms with Crippen LogP contribution in [0.15, 0.2) is 18.2 Å². The summed E-state index contributed by atoms with van der Waals surface area (Å²) < 4.78 is 11.9. The summed E-state index contributed by atoms with van der Waals surface area (Å²) in [5.41, 5.74) is 0.447. The molecule has 3 aliphatic rings. The Morgan fingerprint density at radius 1 is 1.06 bits per heavy atom. The molecule has 0 spiro atoms. The molecule has 0 aromatic heterocycles. The predicted molar refractivity (Wildman–Crippen MR) is 133 cm³/mol. The number of carbonyl (C=O) groups excluding carboxylic acids is 1. The van der Waals surface area contributed by atoms with Gasteiger partial charge in [-0.3, -0.25) is 4.79 Å². The highest BCUT2D eigenvalue weighted by atomic mass is 16.6. The number of phenolic OH excluding ortho intramolecular Hbond substituents is 1. The van der Waals surface area contributed by atoms with Gasteiger partial charge in [0.2, 0.25) is 0 Å². The molecule has 34 heavy (non-hydrogen) atoms. The molecule has 4 rings (SSSR count). The quantitative estimate of drug-likeness (QED) is 0.382. The molecule has 3 atom stereocenters. The summed E-state index contributed by atoms with van der Waals surface area (Å²) in [6.45, 7) is 1.47. The highest BCUT2D eigenvalue weighted by molar-refractivity contribution is 5.66. The highest BCUT2D eigenvalue weighted by Crippen LogP contribution is 2.41. The van der Waals surface area contributed by atoms with Gasteiger partial charge in [-0.05, 0) is 87.3 Å². The average molecular weight is 473 g/mol. The molecule has 0 aliphatic heterocycles. The van der Waals surface area contributed by atoms with Gasteiger partial charge < -0.3 is 19.7 Å². The maximum atomic E-state index is 12.0. The molecule has 3 aliphatic carbocycles. The van der Waals surface area contributed by atoms with Gasteiger partial charge in [0.05, 0.1) is 12.2 Å². The number of carbonyl (C=O) groups is 1. The van der Waals surface area contributed by atoms with E-state index in [0.29, 0.717) is 30.9 Å². The lowest BCUT2D eigenvalue weighted by atomic mass is 9.72. The fourth-order valence-electron chi connectivity index (χ4n) is 6.64. The van der Waals surface area contributed by atoms with Gasteiger partial charge in [-0.2, -0.15) is 0 Å². The van der Waals surface area contributed by atoms with Crippen molar-refractivity contribution in [2.75, 3.05) is 0 Å². The van der Waals surface area contributed by atoms with Crippen LogP contribution in [0.2, 0.25) is 0 Å². The first-order chi connectivity index (χ1) is 16.4. The smallest absolute Gasteiger partial charge is 0.303 e. The fraction of sp³-hybridized carbons (Fsp3) is 0.759. The van der Waals surface area contributed by atoms with Crippen molar-refractivity contribution in [3.8, 4) is 11.5 Å². The minimum Gasteiger partial charge on any atom is -0.504 e. The Bertz CT molecular complexity index is 796. The molecule has 3 saturated carbocycles. The van der Waals surface area contributed by atoms with Gasteiger partial charge in [-0.25, -0.2) is 0 Å². The molecule has 0 saturated heterocycles. The van der Waals surface area contributed by atoms with E-state index < -0.39 is 11.7 Å². The zero-order chi connectivity index (χ0) is 24.0. The second-order valence-corrected chi connectivity index (χ2v) is 11.3. The Labute approximate surface area is 205 Å². The van der Waals surface area contributed by atoms with Gasteiger partial charge >= 0.3 is 5.97 Å². The standard InChI is InChI=1S/C29H44O5/c1-21(30)34-29(18-16-24(27(32)20-29)10-6-9-22-7-2-3-8-22)17-15-23-13-14-26(31)28(19-23)33-25-11-4-5-12-25/h13-14,19,22,24-25,27,31-32H,2-12,15-18,20H2,1H3/t24-,27-,29+/m1/s1. The summed E-state index contributed by atoms with van der Waals surface area (Å²) in [4.78, 5) is 12.0. The number of hydrogen-bond donors (Lipinski definition) is 2. The van der Waals surface area contributed by atoms with E-state index in [1.165, 1.54) is 58.3 Å². The minimum absolute atomic E-state index is 0.180. The predicted octanol–water partition coefficient (Wildman–Crippen LogP) is 6.47. The second kappa shape index (κ2) is 11.8. The molecule has 1 aromatic carbocycles. The van der Waals surface area contributed by atoms with Crippen LogP contribution in [0, 0.1) is 11.8 Å². The van der Waals surface area contributed by atoms with Crippen LogP contribution >= 0.6 is 0 Å². The Balaban J connectivity index is 1.33. The first-order valence-electron chi connectivity index (χ1n) is 13.8. The van der Waals surface area contributed by atoms with E-state index in [1.54, 1.807) is 6.07 Å². The normalized spacial score (nSPS) is 28.3. The lowest BCUT2D eigenvalue weighted by Gasteiger charge is -2.42. The Kier molecular flexibility index (Phi) is 8.79. The number of phenols is 1. The van der Waals surface area contributed by atoms with Gasteiger partial charge in [0.1, 0.15) is 5.60 Å². The topological polar surface area (TPSA) is 76.0 Å². The molecule has 2 N–H and O–H groups in total. The molecular weight excluding hydrogens is 428 g/mol. The summed E-state index contributed by atoms with van der Waals surface area (Å²) >= 11 is 0. The molecule has 0 radical (unpaired) electrons. The summed E-state index contributed by atoms with van der Waals surface area (Å²) in [6.07, 6.45) is 16.9. The van der Waals surface area contributed by atoms with Crippen LogP contribution in [0.5, 0.6) is 11.5 Å². The van der Waals surface area contributed by atoms with Crippen molar-refractivity contribution in [3.63, 3.8) is 0 Å². The molecule has 190 valence electrons. The molecule has 5 nitrogen and oxygen atoms in total.